The predicted octanol–water partition coefficient (Wildman–Crippen LogP) is 3.14. The third kappa shape index (κ3) is 2.77. The van der Waals surface area contributed by atoms with E-state index in [1.54, 1.807) is 0 Å². The van der Waals surface area contributed by atoms with Crippen LogP contribution in [0.3, 0.4) is 0 Å². The summed E-state index contributed by atoms with van der Waals surface area (Å²) in [6.45, 7) is 6.54. The van der Waals surface area contributed by atoms with Gasteiger partial charge in [-0.05, 0) is 37.0 Å². The summed E-state index contributed by atoms with van der Waals surface area (Å²) >= 11 is 0. The van der Waals surface area contributed by atoms with Gasteiger partial charge in [0.05, 0.1) is 5.69 Å². The van der Waals surface area contributed by atoms with Crippen LogP contribution in [0, 0.1) is 25.2 Å². The van der Waals surface area contributed by atoms with Gasteiger partial charge in [-0.2, -0.15) is 10.4 Å². The second kappa shape index (κ2) is 6.16. The molecule has 4 nitrogen and oxygen atoms in total. The number of nitriles is 1. The highest BCUT2D eigenvalue weighted by Gasteiger charge is 2.10. The molecule has 2 rings (SSSR count). The summed E-state index contributed by atoms with van der Waals surface area (Å²) in [7, 11) is 0. The van der Waals surface area contributed by atoms with Crippen molar-refractivity contribution in [2.45, 2.75) is 33.7 Å². The number of anilines is 1. The lowest BCUT2D eigenvalue weighted by Gasteiger charge is -2.11. The molecule has 0 radical (unpaired) electrons. The highest BCUT2D eigenvalue weighted by Crippen LogP contribution is 2.18. The van der Waals surface area contributed by atoms with Crippen molar-refractivity contribution in [2.75, 3.05) is 5.32 Å². The molecule has 0 amide bonds. The molecule has 0 saturated carbocycles. The Hall–Kier alpha value is -2.41. The lowest BCUT2D eigenvalue weighted by molar-refractivity contribution is 0.936. The average molecular weight is 266 g/mol. The number of benzene rings is 1. The Morgan fingerprint density at radius 1 is 1.15 bits per heavy atom. The van der Waals surface area contributed by atoms with Crippen LogP contribution in [0.15, 0.2) is 24.3 Å². The van der Waals surface area contributed by atoms with Gasteiger partial charge >= 0.3 is 0 Å². The fourth-order valence-corrected chi connectivity index (χ4v) is 2.12. The molecule has 0 aliphatic carbocycles. The van der Waals surface area contributed by atoms with Crippen molar-refractivity contribution in [3.8, 4) is 6.07 Å². The largest absolute Gasteiger partial charge is 0.363 e. The van der Waals surface area contributed by atoms with Gasteiger partial charge in [0.2, 0.25) is 0 Å². The van der Waals surface area contributed by atoms with E-state index in [0.29, 0.717) is 17.9 Å². The SMILES string of the molecule is CCc1ccccc1CNc1nnc(C)c(C)c1C#N. The molecule has 0 spiro atoms. The Morgan fingerprint density at radius 3 is 2.50 bits per heavy atom. The van der Waals surface area contributed by atoms with E-state index in [1.165, 1.54) is 11.1 Å². The number of nitrogens with zero attached hydrogens (tertiary/aromatic N) is 3. The van der Waals surface area contributed by atoms with E-state index in [-0.39, 0.29) is 0 Å². The van der Waals surface area contributed by atoms with Crippen LogP contribution < -0.4 is 5.32 Å². The summed E-state index contributed by atoms with van der Waals surface area (Å²) in [6.07, 6.45) is 0.988. The number of hydrogen-bond acceptors (Lipinski definition) is 4. The molecule has 1 aromatic heterocycles. The van der Waals surface area contributed by atoms with Crippen LogP contribution in [-0.4, -0.2) is 10.2 Å². The van der Waals surface area contributed by atoms with E-state index in [9.17, 15) is 5.26 Å². The molecule has 20 heavy (non-hydrogen) atoms. The topological polar surface area (TPSA) is 61.6 Å². The first-order chi connectivity index (χ1) is 9.67. The molecule has 4 heteroatoms. The molecule has 102 valence electrons. The van der Waals surface area contributed by atoms with Gasteiger partial charge in [-0.25, -0.2) is 0 Å². The maximum atomic E-state index is 9.26. The van der Waals surface area contributed by atoms with Crippen LogP contribution in [0.2, 0.25) is 0 Å². The minimum atomic E-state index is 0.557. The zero-order valence-electron chi connectivity index (χ0n) is 12.1. The fraction of sp³-hybridized carbons (Fsp3) is 0.312. The summed E-state index contributed by atoms with van der Waals surface area (Å²) in [6, 6.07) is 10.5. The van der Waals surface area contributed by atoms with Crippen molar-refractivity contribution in [1.82, 2.24) is 10.2 Å². The zero-order valence-corrected chi connectivity index (χ0v) is 12.1. The monoisotopic (exact) mass is 266 g/mol. The molecule has 0 saturated heterocycles. The van der Waals surface area contributed by atoms with Crippen LogP contribution in [0.25, 0.3) is 0 Å². The summed E-state index contributed by atoms with van der Waals surface area (Å²) in [5.41, 5.74) is 4.77. The molecular weight excluding hydrogens is 248 g/mol. The quantitative estimate of drug-likeness (QED) is 0.923. The fourth-order valence-electron chi connectivity index (χ4n) is 2.12. The summed E-state index contributed by atoms with van der Waals surface area (Å²) < 4.78 is 0. The van der Waals surface area contributed by atoms with Crippen molar-refractivity contribution in [3.63, 3.8) is 0 Å². The van der Waals surface area contributed by atoms with Crippen molar-refractivity contribution in [2.24, 2.45) is 0 Å². The maximum Gasteiger partial charge on any atom is 0.167 e. The average Bonchev–Trinajstić information content (AvgIpc) is 2.48. The maximum absolute atomic E-state index is 9.26. The molecule has 2 aromatic rings. The van der Waals surface area contributed by atoms with Crippen LogP contribution in [0.4, 0.5) is 5.82 Å². The van der Waals surface area contributed by atoms with Crippen LogP contribution in [0.5, 0.6) is 0 Å². The third-order valence-electron chi connectivity index (χ3n) is 3.51. The predicted molar refractivity (Wildman–Crippen MR) is 79.4 cm³/mol. The van der Waals surface area contributed by atoms with Crippen LogP contribution in [0.1, 0.15) is 34.9 Å². The smallest absolute Gasteiger partial charge is 0.167 e. The lowest BCUT2D eigenvalue weighted by atomic mass is 10.1. The normalized spacial score (nSPS) is 10.1. The second-order valence-electron chi connectivity index (χ2n) is 4.72. The molecule has 0 aliphatic rings. The highest BCUT2D eigenvalue weighted by atomic mass is 15.2. The van der Waals surface area contributed by atoms with E-state index < -0.39 is 0 Å². The molecule has 1 aromatic carbocycles. The first kappa shape index (κ1) is 14.0. The molecule has 1 heterocycles. The van der Waals surface area contributed by atoms with Gasteiger partial charge in [-0.15, -0.1) is 5.10 Å². The number of hydrogen-bond donors (Lipinski definition) is 1. The van der Waals surface area contributed by atoms with E-state index in [2.05, 4.69) is 40.6 Å². The van der Waals surface area contributed by atoms with Crippen molar-refractivity contribution in [1.29, 1.82) is 5.26 Å². The Bertz CT molecular complexity index is 656. The molecular formula is C16H18N4. The first-order valence-corrected chi connectivity index (χ1v) is 6.72. The van der Waals surface area contributed by atoms with Gasteiger partial charge in [-0.1, -0.05) is 31.2 Å². The number of nitrogens with one attached hydrogen (secondary N) is 1. The van der Waals surface area contributed by atoms with Crippen LogP contribution >= 0.6 is 0 Å². The Morgan fingerprint density at radius 2 is 1.85 bits per heavy atom. The summed E-state index contributed by atoms with van der Waals surface area (Å²) in [5.74, 6) is 0.557. The second-order valence-corrected chi connectivity index (χ2v) is 4.72. The molecule has 0 aliphatic heterocycles. The van der Waals surface area contributed by atoms with Gasteiger partial charge in [0.25, 0.3) is 0 Å². The summed E-state index contributed by atoms with van der Waals surface area (Å²) in [5, 5.41) is 20.7. The lowest BCUT2D eigenvalue weighted by Crippen LogP contribution is -2.08. The van der Waals surface area contributed by atoms with Crippen molar-refractivity contribution < 1.29 is 0 Å². The van der Waals surface area contributed by atoms with Crippen LogP contribution in [-0.2, 0) is 13.0 Å². The summed E-state index contributed by atoms with van der Waals surface area (Å²) in [4.78, 5) is 0. The minimum Gasteiger partial charge on any atom is -0.363 e. The molecule has 1 N–H and O–H groups in total. The number of aromatic nitrogens is 2. The third-order valence-corrected chi connectivity index (χ3v) is 3.51. The molecule has 0 bridgehead atoms. The van der Waals surface area contributed by atoms with Gasteiger partial charge in [0.1, 0.15) is 11.6 Å². The van der Waals surface area contributed by atoms with Gasteiger partial charge in [0, 0.05) is 6.54 Å². The first-order valence-electron chi connectivity index (χ1n) is 6.72. The Kier molecular flexibility index (Phi) is 4.31. The minimum absolute atomic E-state index is 0.557. The molecule has 0 unspecified atom stereocenters. The Labute approximate surface area is 119 Å². The van der Waals surface area contributed by atoms with E-state index in [0.717, 1.165) is 17.7 Å². The number of aryl methyl sites for hydroxylation is 2. The van der Waals surface area contributed by atoms with Gasteiger partial charge in [-0.3, -0.25) is 0 Å². The number of rotatable bonds is 4. The standard InChI is InChI=1S/C16H18N4/c1-4-13-7-5-6-8-14(13)10-18-16-15(9-17)11(2)12(3)19-20-16/h5-8H,4,10H2,1-3H3,(H,18,20). The molecule has 0 fully saturated rings. The Balaban J connectivity index is 2.24. The van der Waals surface area contributed by atoms with Gasteiger partial charge in [0.15, 0.2) is 5.82 Å². The van der Waals surface area contributed by atoms with Crippen molar-refractivity contribution in [3.05, 3.63) is 52.2 Å². The van der Waals surface area contributed by atoms with Crippen molar-refractivity contribution >= 4 is 5.82 Å². The van der Waals surface area contributed by atoms with Gasteiger partial charge < -0.3 is 5.32 Å². The molecule has 0 atom stereocenters. The highest BCUT2D eigenvalue weighted by molar-refractivity contribution is 5.56. The van der Waals surface area contributed by atoms with E-state index >= 15 is 0 Å². The van der Waals surface area contributed by atoms with E-state index in [1.807, 2.05) is 26.0 Å². The van der Waals surface area contributed by atoms with E-state index in [4.69, 9.17) is 0 Å². The zero-order chi connectivity index (χ0) is 14.5.